The molecule has 4 nitrogen and oxygen atoms in total. The molecule has 100 valence electrons. The number of hydrogen-bond acceptors (Lipinski definition) is 3. The second-order valence-electron chi connectivity index (χ2n) is 4.09. The van der Waals surface area contributed by atoms with Gasteiger partial charge in [-0.15, -0.1) is 0 Å². The first-order valence-corrected chi connectivity index (χ1v) is 7.59. The molecule has 0 atom stereocenters. The Labute approximate surface area is 117 Å². The van der Waals surface area contributed by atoms with Gasteiger partial charge >= 0.3 is 0 Å². The van der Waals surface area contributed by atoms with E-state index in [1.165, 1.54) is 6.07 Å². The Hall–Kier alpha value is -1.72. The highest BCUT2D eigenvalue weighted by atomic mass is 35.5. The number of hydrogen-bond donors (Lipinski definition) is 2. The largest absolute Gasteiger partial charge is 0.399 e. The van der Waals surface area contributed by atoms with Gasteiger partial charge in [-0.2, -0.15) is 0 Å². The minimum absolute atomic E-state index is 0.112. The van der Waals surface area contributed by atoms with Crippen LogP contribution < -0.4 is 10.5 Å². The van der Waals surface area contributed by atoms with Crippen LogP contribution in [0.15, 0.2) is 48.5 Å². The normalized spacial score (nSPS) is 11.2. The van der Waals surface area contributed by atoms with E-state index in [4.69, 9.17) is 17.3 Å². The van der Waals surface area contributed by atoms with Crippen molar-refractivity contribution < 1.29 is 8.42 Å². The molecule has 0 aliphatic heterocycles. The number of nitrogen functional groups attached to an aromatic ring is 1. The second-order valence-corrected chi connectivity index (χ2v) is 6.22. The minimum atomic E-state index is -3.52. The first kappa shape index (κ1) is 13.7. The van der Waals surface area contributed by atoms with Gasteiger partial charge in [0.05, 0.1) is 16.5 Å². The number of anilines is 2. The molecule has 0 radical (unpaired) electrons. The fraction of sp³-hybridized carbons (Fsp3) is 0.0769. The SMILES string of the molecule is Nc1ccc(Cl)c(NS(=O)(=O)Cc2ccccc2)c1. The Morgan fingerprint density at radius 2 is 1.79 bits per heavy atom. The third-order valence-electron chi connectivity index (χ3n) is 2.46. The lowest BCUT2D eigenvalue weighted by molar-refractivity contribution is 0.600. The van der Waals surface area contributed by atoms with Crippen LogP contribution in [0.5, 0.6) is 0 Å². The van der Waals surface area contributed by atoms with Crippen molar-refractivity contribution in [1.29, 1.82) is 0 Å². The standard InChI is InChI=1S/C13H13ClN2O2S/c14-12-7-6-11(15)8-13(12)16-19(17,18)9-10-4-2-1-3-5-10/h1-8,16H,9,15H2. The van der Waals surface area contributed by atoms with Crippen LogP contribution >= 0.6 is 11.6 Å². The van der Waals surface area contributed by atoms with E-state index in [9.17, 15) is 8.42 Å². The van der Waals surface area contributed by atoms with Gasteiger partial charge in [0, 0.05) is 5.69 Å². The Kier molecular flexibility index (Phi) is 3.97. The third-order valence-corrected chi connectivity index (χ3v) is 4.03. The number of nitrogens with one attached hydrogen (secondary N) is 1. The van der Waals surface area contributed by atoms with Crippen molar-refractivity contribution in [3.8, 4) is 0 Å². The van der Waals surface area contributed by atoms with Crippen molar-refractivity contribution in [1.82, 2.24) is 0 Å². The zero-order chi connectivity index (χ0) is 13.9. The summed E-state index contributed by atoms with van der Waals surface area (Å²) in [7, 11) is -3.52. The molecular weight excluding hydrogens is 284 g/mol. The molecule has 0 aromatic heterocycles. The summed E-state index contributed by atoms with van der Waals surface area (Å²) in [5.41, 5.74) is 7.04. The number of halogens is 1. The molecule has 19 heavy (non-hydrogen) atoms. The third kappa shape index (κ3) is 3.87. The van der Waals surface area contributed by atoms with Gasteiger partial charge in [-0.05, 0) is 23.8 Å². The van der Waals surface area contributed by atoms with Crippen LogP contribution in [0.2, 0.25) is 5.02 Å². The maximum atomic E-state index is 12.0. The van der Waals surface area contributed by atoms with E-state index in [0.717, 1.165) is 0 Å². The molecule has 0 unspecified atom stereocenters. The highest BCUT2D eigenvalue weighted by Gasteiger charge is 2.13. The van der Waals surface area contributed by atoms with E-state index in [1.54, 1.807) is 36.4 Å². The van der Waals surface area contributed by atoms with E-state index in [-0.39, 0.29) is 11.4 Å². The summed E-state index contributed by atoms with van der Waals surface area (Å²) in [6, 6.07) is 13.6. The van der Waals surface area contributed by atoms with Crippen molar-refractivity contribution in [2.24, 2.45) is 0 Å². The lowest BCUT2D eigenvalue weighted by atomic mass is 10.2. The smallest absolute Gasteiger partial charge is 0.236 e. The molecule has 0 aliphatic rings. The molecular formula is C13H13ClN2O2S. The quantitative estimate of drug-likeness (QED) is 0.852. The molecule has 3 N–H and O–H groups in total. The zero-order valence-electron chi connectivity index (χ0n) is 10.0. The molecule has 2 aromatic rings. The molecule has 0 heterocycles. The first-order chi connectivity index (χ1) is 8.96. The van der Waals surface area contributed by atoms with Gasteiger partial charge in [-0.25, -0.2) is 8.42 Å². The second kappa shape index (κ2) is 5.50. The molecule has 0 saturated carbocycles. The number of nitrogens with two attached hydrogens (primary N) is 1. The average molecular weight is 297 g/mol. The van der Waals surface area contributed by atoms with E-state index in [0.29, 0.717) is 16.3 Å². The highest BCUT2D eigenvalue weighted by molar-refractivity contribution is 7.91. The fourth-order valence-electron chi connectivity index (χ4n) is 1.62. The van der Waals surface area contributed by atoms with Gasteiger partial charge in [0.15, 0.2) is 0 Å². The van der Waals surface area contributed by atoms with Crippen LogP contribution in [0, 0.1) is 0 Å². The summed E-state index contributed by atoms with van der Waals surface area (Å²) in [6.07, 6.45) is 0. The van der Waals surface area contributed by atoms with E-state index in [2.05, 4.69) is 4.72 Å². The topological polar surface area (TPSA) is 72.2 Å². The minimum Gasteiger partial charge on any atom is -0.399 e. The number of rotatable bonds is 4. The fourth-order valence-corrected chi connectivity index (χ4v) is 3.05. The molecule has 2 aromatic carbocycles. The van der Waals surface area contributed by atoms with Crippen molar-refractivity contribution in [3.63, 3.8) is 0 Å². The van der Waals surface area contributed by atoms with Crippen molar-refractivity contribution in [3.05, 3.63) is 59.1 Å². The summed E-state index contributed by atoms with van der Waals surface area (Å²) in [4.78, 5) is 0. The first-order valence-electron chi connectivity index (χ1n) is 5.56. The van der Waals surface area contributed by atoms with Gasteiger partial charge in [-0.3, -0.25) is 4.72 Å². The predicted octanol–water partition coefficient (Wildman–Crippen LogP) is 2.86. The van der Waals surface area contributed by atoms with Crippen molar-refractivity contribution in [2.75, 3.05) is 10.5 Å². The maximum absolute atomic E-state index is 12.0. The molecule has 6 heteroatoms. The van der Waals surface area contributed by atoms with E-state index >= 15 is 0 Å². The van der Waals surface area contributed by atoms with Crippen LogP contribution in [0.4, 0.5) is 11.4 Å². The summed E-state index contributed by atoms with van der Waals surface area (Å²) in [5.74, 6) is -0.112. The Balaban J connectivity index is 2.20. The monoisotopic (exact) mass is 296 g/mol. The summed E-state index contributed by atoms with van der Waals surface area (Å²) in [6.45, 7) is 0. The van der Waals surface area contributed by atoms with Crippen LogP contribution in [-0.4, -0.2) is 8.42 Å². The van der Waals surface area contributed by atoms with Crippen LogP contribution in [0.3, 0.4) is 0 Å². The molecule has 2 rings (SSSR count). The van der Waals surface area contributed by atoms with Gasteiger partial charge < -0.3 is 5.73 Å². The number of benzene rings is 2. The van der Waals surface area contributed by atoms with E-state index < -0.39 is 10.0 Å². The molecule has 0 aliphatic carbocycles. The summed E-state index contributed by atoms with van der Waals surface area (Å²) < 4.78 is 26.5. The lowest BCUT2D eigenvalue weighted by Crippen LogP contribution is -2.15. The average Bonchev–Trinajstić information content (AvgIpc) is 2.34. The summed E-state index contributed by atoms with van der Waals surface area (Å²) >= 11 is 5.92. The molecule has 0 fully saturated rings. The Morgan fingerprint density at radius 1 is 1.11 bits per heavy atom. The predicted molar refractivity (Wildman–Crippen MR) is 78.6 cm³/mol. The van der Waals surface area contributed by atoms with Crippen LogP contribution in [0.25, 0.3) is 0 Å². The maximum Gasteiger partial charge on any atom is 0.236 e. The Bertz CT molecular complexity index is 672. The highest BCUT2D eigenvalue weighted by Crippen LogP contribution is 2.25. The van der Waals surface area contributed by atoms with Gasteiger partial charge in [-0.1, -0.05) is 41.9 Å². The van der Waals surface area contributed by atoms with Gasteiger partial charge in [0.25, 0.3) is 0 Å². The van der Waals surface area contributed by atoms with Gasteiger partial charge in [0.2, 0.25) is 10.0 Å². The zero-order valence-corrected chi connectivity index (χ0v) is 11.6. The molecule has 0 spiro atoms. The molecule has 0 bridgehead atoms. The van der Waals surface area contributed by atoms with Crippen molar-refractivity contribution in [2.45, 2.75) is 5.75 Å². The Morgan fingerprint density at radius 3 is 2.47 bits per heavy atom. The summed E-state index contributed by atoms with van der Waals surface area (Å²) in [5, 5.41) is 0.311. The van der Waals surface area contributed by atoms with Crippen molar-refractivity contribution >= 4 is 33.0 Å². The van der Waals surface area contributed by atoms with Crippen LogP contribution in [0.1, 0.15) is 5.56 Å². The molecule has 0 amide bonds. The number of sulfonamides is 1. The van der Waals surface area contributed by atoms with Crippen LogP contribution in [-0.2, 0) is 15.8 Å². The van der Waals surface area contributed by atoms with E-state index in [1.807, 2.05) is 6.07 Å². The van der Waals surface area contributed by atoms with Gasteiger partial charge in [0.1, 0.15) is 0 Å². The lowest BCUT2D eigenvalue weighted by Gasteiger charge is -2.10. The molecule has 0 saturated heterocycles.